The van der Waals surface area contributed by atoms with Gasteiger partial charge in [0.25, 0.3) is 5.69 Å². The number of carbonyl (C=O) groups is 1. The van der Waals surface area contributed by atoms with Crippen molar-refractivity contribution in [2.75, 3.05) is 37.6 Å². The predicted octanol–water partition coefficient (Wildman–Crippen LogP) is 1.02. The molecule has 0 spiro atoms. The summed E-state index contributed by atoms with van der Waals surface area (Å²) in [4.78, 5) is 27.2. The maximum Gasteiger partial charge on any atom is 0.360 e. The standard InChI is InChI=1S/C15H18N6O4/c1-2-18-6-8-19(9-7-18)14-13(15(22)23)16-20(17-14)11-4-3-5-12(10-11)21(24)25/h3-5,10H,2,6-9H2,1H3,(H,22,23). The fourth-order valence-corrected chi connectivity index (χ4v) is 2.77. The second-order valence-corrected chi connectivity index (χ2v) is 5.67. The molecule has 0 unspecified atom stereocenters. The fraction of sp³-hybridized carbons (Fsp3) is 0.400. The summed E-state index contributed by atoms with van der Waals surface area (Å²) in [6.07, 6.45) is 0. The lowest BCUT2D eigenvalue weighted by atomic mass is 10.3. The molecule has 1 N–H and O–H groups in total. The third-order valence-corrected chi connectivity index (χ3v) is 4.19. The SMILES string of the molecule is CCN1CCN(c2nn(-c3cccc([N+](=O)[O-])c3)nc2C(=O)O)CC1. The van der Waals surface area contributed by atoms with Gasteiger partial charge in [0.1, 0.15) is 0 Å². The van der Waals surface area contributed by atoms with Crippen LogP contribution in [0.3, 0.4) is 0 Å². The molecule has 10 nitrogen and oxygen atoms in total. The number of carboxylic acid groups (broad SMARTS) is 1. The summed E-state index contributed by atoms with van der Waals surface area (Å²) in [5.74, 6) is -0.889. The highest BCUT2D eigenvalue weighted by molar-refractivity contribution is 5.91. The first-order valence-electron chi connectivity index (χ1n) is 7.92. The van der Waals surface area contributed by atoms with Crippen LogP contribution in [0.25, 0.3) is 5.69 Å². The van der Waals surface area contributed by atoms with E-state index in [1.807, 2.05) is 4.90 Å². The topological polar surface area (TPSA) is 118 Å². The summed E-state index contributed by atoms with van der Waals surface area (Å²) in [5.41, 5.74) is 0.0800. The Morgan fingerprint density at radius 3 is 2.60 bits per heavy atom. The van der Waals surface area contributed by atoms with E-state index in [4.69, 9.17) is 0 Å². The third kappa shape index (κ3) is 3.43. The number of rotatable bonds is 5. The van der Waals surface area contributed by atoms with Crippen LogP contribution in [0.15, 0.2) is 24.3 Å². The van der Waals surface area contributed by atoms with Gasteiger partial charge in [-0.2, -0.15) is 0 Å². The molecule has 0 radical (unpaired) electrons. The number of carboxylic acids is 1. The smallest absolute Gasteiger partial charge is 0.360 e. The van der Waals surface area contributed by atoms with Gasteiger partial charge in [-0.15, -0.1) is 15.0 Å². The second-order valence-electron chi connectivity index (χ2n) is 5.67. The van der Waals surface area contributed by atoms with E-state index in [-0.39, 0.29) is 17.2 Å². The molecule has 0 amide bonds. The van der Waals surface area contributed by atoms with E-state index < -0.39 is 10.9 Å². The molecule has 2 heterocycles. The molecule has 2 aromatic rings. The third-order valence-electron chi connectivity index (χ3n) is 4.19. The first-order chi connectivity index (χ1) is 12.0. The summed E-state index contributed by atoms with van der Waals surface area (Å²) in [5, 5.41) is 28.7. The molecule has 1 aliphatic rings. The summed E-state index contributed by atoms with van der Waals surface area (Å²) in [6.45, 7) is 5.97. The Kier molecular flexibility index (Phi) is 4.61. The summed E-state index contributed by atoms with van der Waals surface area (Å²) < 4.78 is 0. The van der Waals surface area contributed by atoms with Gasteiger partial charge < -0.3 is 14.9 Å². The van der Waals surface area contributed by atoms with Crippen LogP contribution < -0.4 is 4.90 Å². The van der Waals surface area contributed by atoms with E-state index in [1.165, 1.54) is 18.2 Å². The average molecular weight is 346 g/mol. The molecule has 132 valence electrons. The van der Waals surface area contributed by atoms with Crippen molar-refractivity contribution in [1.82, 2.24) is 19.9 Å². The lowest BCUT2D eigenvalue weighted by Gasteiger charge is -2.34. The van der Waals surface area contributed by atoms with Gasteiger partial charge in [-0.1, -0.05) is 13.0 Å². The van der Waals surface area contributed by atoms with Crippen molar-refractivity contribution in [3.8, 4) is 5.69 Å². The van der Waals surface area contributed by atoms with Gasteiger partial charge in [-0.3, -0.25) is 10.1 Å². The monoisotopic (exact) mass is 346 g/mol. The largest absolute Gasteiger partial charge is 0.476 e. The van der Waals surface area contributed by atoms with Crippen LogP contribution in [-0.4, -0.2) is 68.6 Å². The second kappa shape index (κ2) is 6.85. The highest BCUT2D eigenvalue weighted by atomic mass is 16.6. The number of likely N-dealkylation sites (N-methyl/N-ethyl adjacent to an activating group) is 1. The number of hydrogen-bond donors (Lipinski definition) is 1. The van der Waals surface area contributed by atoms with Crippen molar-refractivity contribution in [2.45, 2.75) is 6.92 Å². The van der Waals surface area contributed by atoms with Crippen LogP contribution in [0.2, 0.25) is 0 Å². The van der Waals surface area contributed by atoms with Crippen LogP contribution >= 0.6 is 0 Å². The fourth-order valence-electron chi connectivity index (χ4n) is 2.77. The van der Waals surface area contributed by atoms with Crippen LogP contribution in [0.5, 0.6) is 0 Å². The van der Waals surface area contributed by atoms with Gasteiger partial charge in [0, 0.05) is 38.3 Å². The molecule has 1 saturated heterocycles. The first-order valence-corrected chi connectivity index (χ1v) is 7.92. The van der Waals surface area contributed by atoms with Crippen LogP contribution in [0.4, 0.5) is 11.5 Å². The minimum Gasteiger partial charge on any atom is -0.476 e. The lowest BCUT2D eigenvalue weighted by molar-refractivity contribution is -0.384. The van der Waals surface area contributed by atoms with Crippen LogP contribution in [0.1, 0.15) is 17.4 Å². The molecule has 10 heteroatoms. The molecular weight excluding hydrogens is 328 g/mol. The van der Waals surface area contributed by atoms with Crippen molar-refractivity contribution in [2.24, 2.45) is 0 Å². The number of non-ortho nitro benzene ring substituents is 1. The zero-order chi connectivity index (χ0) is 18.0. The molecular formula is C15H18N6O4. The lowest BCUT2D eigenvalue weighted by Crippen LogP contribution is -2.46. The minimum atomic E-state index is -1.18. The maximum atomic E-state index is 11.5. The molecule has 1 fully saturated rings. The predicted molar refractivity (Wildman–Crippen MR) is 89.3 cm³/mol. The molecule has 1 aliphatic heterocycles. The van der Waals surface area contributed by atoms with E-state index in [2.05, 4.69) is 22.0 Å². The van der Waals surface area contributed by atoms with E-state index in [9.17, 15) is 20.0 Å². The van der Waals surface area contributed by atoms with Crippen molar-refractivity contribution in [3.05, 3.63) is 40.1 Å². The molecule has 1 aromatic heterocycles. The van der Waals surface area contributed by atoms with Gasteiger partial charge >= 0.3 is 5.97 Å². The average Bonchev–Trinajstić information content (AvgIpc) is 3.07. The van der Waals surface area contributed by atoms with Gasteiger partial charge in [-0.05, 0) is 12.6 Å². The number of aromatic nitrogens is 3. The number of anilines is 1. The first kappa shape index (κ1) is 16.8. The minimum absolute atomic E-state index is 0.107. The summed E-state index contributed by atoms with van der Waals surface area (Å²) in [6, 6.07) is 5.77. The zero-order valence-corrected chi connectivity index (χ0v) is 13.7. The van der Waals surface area contributed by atoms with E-state index in [0.717, 1.165) is 24.4 Å². The van der Waals surface area contributed by atoms with Gasteiger partial charge in [0.15, 0.2) is 5.82 Å². The van der Waals surface area contributed by atoms with Crippen LogP contribution in [0, 0.1) is 10.1 Å². The Morgan fingerprint density at radius 1 is 1.28 bits per heavy atom. The normalized spacial score (nSPS) is 15.3. The van der Waals surface area contributed by atoms with E-state index in [0.29, 0.717) is 18.8 Å². The molecule has 0 aliphatic carbocycles. The maximum absolute atomic E-state index is 11.5. The number of nitro groups is 1. The Bertz CT molecular complexity index is 797. The number of aromatic carboxylic acids is 1. The Labute approximate surface area is 143 Å². The Hall–Kier alpha value is -3.01. The summed E-state index contributed by atoms with van der Waals surface area (Å²) >= 11 is 0. The number of benzene rings is 1. The van der Waals surface area contributed by atoms with Crippen molar-refractivity contribution < 1.29 is 14.8 Å². The van der Waals surface area contributed by atoms with Gasteiger partial charge in [-0.25, -0.2) is 4.79 Å². The molecule has 25 heavy (non-hydrogen) atoms. The molecule has 0 bridgehead atoms. The van der Waals surface area contributed by atoms with Crippen molar-refractivity contribution in [3.63, 3.8) is 0 Å². The van der Waals surface area contributed by atoms with E-state index >= 15 is 0 Å². The number of piperazine rings is 1. The molecule has 3 rings (SSSR count). The molecule has 0 atom stereocenters. The van der Waals surface area contributed by atoms with Crippen LogP contribution in [-0.2, 0) is 0 Å². The number of nitro benzene ring substituents is 1. The molecule has 0 saturated carbocycles. The molecule has 1 aromatic carbocycles. The quantitative estimate of drug-likeness (QED) is 0.630. The van der Waals surface area contributed by atoms with Crippen molar-refractivity contribution >= 4 is 17.5 Å². The Balaban J connectivity index is 1.94. The Morgan fingerprint density at radius 2 is 2.00 bits per heavy atom. The highest BCUT2D eigenvalue weighted by Crippen LogP contribution is 2.21. The zero-order valence-electron chi connectivity index (χ0n) is 13.7. The van der Waals surface area contributed by atoms with Crippen molar-refractivity contribution in [1.29, 1.82) is 0 Å². The summed E-state index contributed by atoms with van der Waals surface area (Å²) in [7, 11) is 0. The number of hydrogen-bond acceptors (Lipinski definition) is 7. The van der Waals surface area contributed by atoms with Gasteiger partial charge in [0.2, 0.25) is 5.69 Å². The number of nitrogens with zero attached hydrogens (tertiary/aromatic N) is 6. The van der Waals surface area contributed by atoms with E-state index in [1.54, 1.807) is 6.07 Å². The van der Waals surface area contributed by atoms with Gasteiger partial charge in [0.05, 0.1) is 10.6 Å². The highest BCUT2D eigenvalue weighted by Gasteiger charge is 2.26.